The van der Waals surface area contributed by atoms with Crippen molar-refractivity contribution >= 4 is 43.2 Å². The fourth-order valence-electron chi connectivity index (χ4n) is 2.31. The molecule has 0 bridgehead atoms. The van der Waals surface area contributed by atoms with Crippen LogP contribution in [0.15, 0.2) is 21.5 Å². The van der Waals surface area contributed by atoms with Crippen LogP contribution in [0.5, 0.6) is 0 Å². The molecular formula is C12H16BrClN2O3S. The second-order valence-electron chi connectivity index (χ2n) is 5.05. The predicted molar refractivity (Wildman–Crippen MR) is 82.2 cm³/mol. The monoisotopic (exact) mass is 382 g/mol. The molecule has 1 fully saturated rings. The number of β-amino-alcohol motifs (C(OH)–C–C–N with tert-alkyl or cyclic N) is 1. The first kappa shape index (κ1) is 16.0. The topological polar surface area (TPSA) is 83.6 Å². The smallest absolute Gasteiger partial charge is 0.244 e. The van der Waals surface area contributed by atoms with Gasteiger partial charge in [0, 0.05) is 23.8 Å². The molecule has 112 valence electrons. The lowest BCUT2D eigenvalue weighted by molar-refractivity contribution is -0.0653. The number of rotatable bonds is 4. The summed E-state index contributed by atoms with van der Waals surface area (Å²) in [7, 11) is -3.71. The van der Waals surface area contributed by atoms with Crippen LogP contribution in [0.1, 0.15) is 19.8 Å². The first-order valence-electron chi connectivity index (χ1n) is 6.17. The molecule has 1 aromatic carbocycles. The van der Waals surface area contributed by atoms with Crippen LogP contribution in [0.25, 0.3) is 0 Å². The molecule has 20 heavy (non-hydrogen) atoms. The quantitative estimate of drug-likeness (QED) is 0.781. The highest BCUT2D eigenvalue weighted by molar-refractivity contribution is 9.10. The van der Waals surface area contributed by atoms with Crippen LogP contribution >= 0.6 is 27.5 Å². The zero-order valence-electron chi connectivity index (χ0n) is 10.9. The van der Waals surface area contributed by atoms with E-state index in [0.717, 1.165) is 6.42 Å². The van der Waals surface area contributed by atoms with Gasteiger partial charge < -0.3 is 10.8 Å². The lowest BCUT2D eigenvalue weighted by Crippen LogP contribution is -2.63. The third-order valence-corrected chi connectivity index (χ3v) is 6.49. The van der Waals surface area contributed by atoms with E-state index < -0.39 is 15.6 Å². The summed E-state index contributed by atoms with van der Waals surface area (Å²) in [6.45, 7) is 2.15. The van der Waals surface area contributed by atoms with E-state index >= 15 is 0 Å². The molecule has 0 aromatic heterocycles. The van der Waals surface area contributed by atoms with Crippen molar-refractivity contribution in [2.45, 2.75) is 30.3 Å². The number of hydrogen-bond acceptors (Lipinski definition) is 4. The molecule has 3 N–H and O–H groups in total. The minimum absolute atomic E-state index is 0.0287. The Hall–Kier alpha value is -0.340. The molecule has 0 aliphatic carbocycles. The molecule has 2 rings (SSSR count). The predicted octanol–water partition coefficient (Wildman–Crippen LogP) is 2.22. The maximum absolute atomic E-state index is 12.5. The van der Waals surface area contributed by atoms with Crippen LogP contribution in [0, 0.1) is 0 Å². The first-order valence-corrected chi connectivity index (χ1v) is 8.78. The SMILES string of the molecule is CCCC1(O)CN(S(=O)(=O)c2cc(Cl)cc(N)c2Br)C1. The van der Waals surface area contributed by atoms with Crippen LogP contribution in [0.2, 0.25) is 5.02 Å². The summed E-state index contributed by atoms with van der Waals surface area (Å²) in [5.41, 5.74) is 5.06. The van der Waals surface area contributed by atoms with E-state index in [1.807, 2.05) is 6.92 Å². The number of nitrogen functional groups attached to an aromatic ring is 1. The third-order valence-electron chi connectivity index (χ3n) is 3.31. The molecule has 0 unspecified atom stereocenters. The van der Waals surface area contributed by atoms with Crippen molar-refractivity contribution in [3.05, 3.63) is 21.6 Å². The van der Waals surface area contributed by atoms with Gasteiger partial charge in [-0.05, 0) is 34.5 Å². The largest absolute Gasteiger partial charge is 0.398 e. The van der Waals surface area contributed by atoms with E-state index in [4.69, 9.17) is 17.3 Å². The fourth-order valence-corrected chi connectivity index (χ4v) is 5.17. The van der Waals surface area contributed by atoms with Crippen LogP contribution in [0.3, 0.4) is 0 Å². The minimum atomic E-state index is -3.71. The van der Waals surface area contributed by atoms with E-state index in [-0.39, 0.29) is 28.7 Å². The number of anilines is 1. The zero-order valence-corrected chi connectivity index (χ0v) is 14.1. The molecule has 1 heterocycles. The summed E-state index contributed by atoms with van der Waals surface area (Å²) in [6.07, 6.45) is 1.38. The van der Waals surface area contributed by atoms with Gasteiger partial charge in [-0.3, -0.25) is 0 Å². The molecule has 1 aromatic rings. The van der Waals surface area contributed by atoms with Crippen LogP contribution in [-0.2, 0) is 10.0 Å². The third kappa shape index (κ3) is 2.82. The van der Waals surface area contributed by atoms with Gasteiger partial charge in [0.15, 0.2) is 0 Å². The number of nitrogens with two attached hydrogens (primary N) is 1. The second kappa shape index (κ2) is 5.46. The van der Waals surface area contributed by atoms with Gasteiger partial charge in [-0.25, -0.2) is 8.42 Å². The van der Waals surface area contributed by atoms with Gasteiger partial charge in [0.25, 0.3) is 0 Å². The highest BCUT2D eigenvalue weighted by atomic mass is 79.9. The fraction of sp³-hybridized carbons (Fsp3) is 0.500. The number of benzene rings is 1. The van der Waals surface area contributed by atoms with Gasteiger partial charge >= 0.3 is 0 Å². The normalized spacial score (nSPS) is 18.8. The second-order valence-corrected chi connectivity index (χ2v) is 8.19. The van der Waals surface area contributed by atoms with Crippen molar-refractivity contribution in [1.82, 2.24) is 4.31 Å². The van der Waals surface area contributed by atoms with Gasteiger partial charge in [-0.2, -0.15) is 4.31 Å². The Balaban J connectivity index is 2.30. The Morgan fingerprint density at radius 2 is 2.10 bits per heavy atom. The van der Waals surface area contributed by atoms with Gasteiger partial charge in [-0.1, -0.05) is 24.9 Å². The first-order chi connectivity index (χ1) is 9.19. The molecular weight excluding hydrogens is 368 g/mol. The molecule has 8 heteroatoms. The summed E-state index contributed by atoms with van der Waals surface area (Å²) in [6, 6.07) is 2.84. The van der Waals surface area contributed by atoms with Gasteiger partial charge in [0.1, 0.15) is 0 Å². The molecule has 1 saturated heterocycles. The summed E-state index contributed by atoms with van der Waals surface area (Å²) in [5, 5.41) is 10.4. The Morgan fingerprint density at radius 1 is 1.50 bits per heavy atom. The van der Waals surface area contributed by atoms with Crippen molar-refractivity contribution in [3.63, 3.8) is 0 Å². The molecule has 1 aliphatic heterocycles. The average Bonchev–Trinajstić information content (AvgIpc) is 2.30. The molecule has 0 saturated carbocycles. The van der Waals surface area contributed by atoms with Gasteiger partial charge in [0.05, 0.1) is 15.0 Å². The Kier molecular flexibility index (Phi) is 4.37. The van der Waals surface area contributed by atoms with Crippen LogP contribution < -0.4 is 5.73 Å². The van der Waals surface area contributed by atoms with E-state index in [2.05, 4.69) is 15.9 Å². The molecule has 0 atom stereocenters. The summed E-state index contributed by atoms with van der Waals surface area (Å²) >= 11 is 9.05. The standard InChI is InChI=1S/C12H16BrClN2O3S/c1-2-3-12(17)6-16(7-12)20(18,19)10-5-8(14)4-9(15)11(10)13/h4-5,17H,2-3,6-7,15H2,1H3. The summed E-state index contributed by atoms with van der Waals surface area (Å²) < 4.78 is 26.5. The van der Waals surface area contributed by atoms with Crippen molar-refractivity contribution in [2.24, 2.45) is 0 Å². The van der Waals surface area contributed by atoms with E-state index in [1.54, 1.807) is 0 Å². The minimum Gasteiger partial charge on any atom is -0.398 e. The molecule has 1 aliphatic rings. The number of hydrogen-bond donors (Lipinski definition) is 2. The van der Waals surface area contributed by atoms with Crippen molar-refractivity contribution < 1.29 is 13.5 Å². The Labute approximate surface area is 131 Å². The van der Waals surface area contributed by atoms with Gasteiger partial charge in [-0.15, -0.1) is 0 Å². The highest BCUT2D eigenvalue weighted by Crippen LogP contribution is 2.37. The number of nitrogens with zero attached hydrogens (tertiary/aromatic N) is 1. The van der Waals surface area contributed by atoms with Crippen LogP contribution in [0.4, 0.5) is 5.69 Å². The number of halogens is 2. The molecule has 0 spiro atoms. The average molecular weight is 384 g/mol. The van der Waals surface area contributed by atoms with Crippen LogP contribution in [-0.4, -0.2) is 36.5 Å². The van der Waals surface area contributed by atoms with Gasteiger partial charge in [0.2, 0.25) is 10.0 Å². The Morgan fingerprint density at radius 3 is 2.65 bits per heavy atom. The Bertz CT molecular complexity index is 630. The summed E-state index contributed by atoms with van der Waals surface area (Å²) in [4.78, 5) is 0.0287. The van der Waals surface area contributed by atoms with Crippen molar-refractivity contribution in [3.8, 4) is 0 Å². The number of aliphatic hydroxyl groups is 1. The molecule has 0 amide bonds. The molecule has 5 nitrogen and oxygen atoms in total. The zero-order chi connectivity index (χ0) is 15.1. The maximum Gasteiger partial charge on any atom is 0.244 e. The maximum atomic E-state index is 12.5. The van der Waals surface area contributed by atoms with E-state index in [0.29, 0.717) is 10.9 Å². The van der Waals surface area contributed by atoms with Crippen molar-refractivity contribution in [2.75, 3.05) is 18.8 Å². The summed E-state index contributed by atoms with van der Waals surface area (Å²) in [5.74, 6) is 0. The highest BCUT2D eigenvalue weighted by Gasteiger charge is 2.47. The lowest BCUT2D eigenvalue weighted by atomic mass is 9.92. The lowest BCUT2D eigenvalue weighted by Gasteiger charge is -2.45. The van der Waals surface area contributed by atoms with E-state index in [1.165, 1.54) is 16.4 Å². The van der Waals surface area contributed by atoms with Crippen molar-refractivity contribution in [1.29, 1.82) is 0 Å². The molecule has 0 radical (unpaired) electrons. The number of sulfonamides is 1. The van der Waals surface area contributed by atoms with E-state index in [9.17, 15) is 13.5 Å².